The zero-order chi connectivity index (χ0) is 15.3. The molecule has 0 heterocycles. The van der Waals surface area contributed by atoms with Gasteiger partial charge in [-0.15, -0.1) is 0 Å². The van der Waals surface area contributed by atoms with Gasteiger partial charge in [0, 0.05) is 0 Å². The molecule has 0 radical (unpaired) electrons. The number of aliphatic hydroxyl groups excluding tert-OH is 1. The maximum absolute atomic E-state index is 12.1. The molecule has 0 aliphatic rings. The van der Waals surface area contributed by atoms with Gasteiger partial charge in [0.15, 0.2) is 9.84 Å². The Morgan fingerprint density at radius 2 is 1.38 bits per heavy atom. The van der Waals surface area contributed by atoms with Gasteiger partial charge in [-0.05, 0) is 30.0 Å². The lowest BCUT2D eigenvalue weighted by atomic mass is 10.1. The molecule has 0 saturated carbocycles. The Kier molecular flexibility index (Phi) is 5.15. The quantitative estimate of drug-likeness (QED) is 0.892. The Hall–Kier alpha value is -1.65. The minimum atomic E-state index is -3.13. The second-order valence-electron chi connectivity index (χ2n) is 5.30. The van der Waals surface area contributed by atoms with E-state index in [0.717, 1.165) is 16.7 Å². The average molecular weight is 304 g/mol. The molecule has 21 heavy (non-hydrogen) atoms. The van der Waals surface area contributed by atoms with E-state index in [1.165, 1.54) is 5.56 Å². The maximum atomic E-state index is 12.1. The SMILES string of the molecule is Cc1ccc(CCS(=O)(=O)Cc2ccc(CO)cc2)cc1. The summed E-state index contributed by atoms with van der Waals surface area (Å²) >= 11 is 0. The van der Waals surface area contributed by atoms with Crippen LogP contribution in [-0.2, 0) is 28.6 Å². The van der Waals surface area contributed by atoms with Gasteiger partial charge in [-0.25, -0.2) is 8.42 Å². The van der Waals surface area contributed by atoms with Crippen molar-refractivity contribution >= 4 is 9.84 Å². The van der Waals surface area contributed by atoms with Crippen molar-refractivity contribution in [3.63, 3.8) is 0 Å². The fourth-order valence-electron chi connectivity index (χ4n) is 2.10. The molecule has 2 aromatic rings. The monoisotopic (exact) mass is 304 g/mol. The smallest absolute Gasteiger partial charge is 0.154 e. The van der Waals surface area contributed by atoms with Crippen LogP contribution in [0.2, 0.25) is 0 Å². The van der Waals surface area contributed by atoms with E-state index in [1.807, 2.05) is 31.2 Å². The lowest BCUT2D eigenvalue weighted by Gasteiger charge is -2.06. The Morgan fingerprint density at radius 3 is 1.95 bits per heavy atom. The molecule has 0 unspecified atom stereocenters. The Balaban J connectivity index is 1.96. The molecule has 0 fully saturated rings. The predicted molar refractivity (Wildman–Crippen MR) is 84.7 cm³/mol. The van der Waals surface area contributed by atoms with Crippen molar-refractivity contribution in [3.8, 4) is 0 Å². The van der Waals surface area contributed by atoms with Gasteiger partial charge in [0.2, 0.25) is 0 Å². The van der Waals surface area contributed by atoms with Crippen molar-refractivity contribution in [3.05, 3.63) is 70.8 Å². The lowest BCUT2D eigenvalue weighted by molar-refractivity contribution is 0.282. The number of sulfone groups is 1. The van der Waals surface area contributed by atoms with E-state index in [0.29, 0.717) is 6.42 Å². The van der Waals surface area contributed by atoms with Gasteiger partial charge in [-0.1, -0.05) is 54.1 Å². The standard InChI is InChI=1S/C17H20O3S/c1-14-2-4-15(5-3-14)10-11-21(19,20)13-17-8-6-16(12-18)7-9-17/h2-9,18H,10-13H2,1H3. The van der Waals surface area contributed by atoms with Crippen LogP contribution in [-0.4, -0.2) is 19.3 Å². The first-order valence-corrected chi connectivity index (χ1v) is 8.75. The van der Waals surface area contributed by atoms with Crippen molar-refractivity contribution in [2.45, 2.75) is 25.7 Å². The molecule has 0 aliphatic heterocycles. The highest BCUT2D eigenvalue weighted by Gasteiger charge is 2.12. The van der Waals surface area contributed by atoms with Crippen molar-refractivity contribution in [1.29, 1.82) is 0 Å². The van der Waals surface area contributed by atoms with Crippen LogP contribution in [0.5, 0.6) is 0 Å². The van der Waals surface area contributed by atoms with Gasteiger partial charge >= 0.3 is 0 Å². The highest BCUT2D eigenvalue weighted by atomic mass is 32.2. The first-order chi connectivity index (χ1) is 9.98. The number of hydrogen-bond acceptors (Lipinski definition) is 3. The summed E-state index contributed by atoms with van der Waals surface area (Å²) in [6.45, 7) is 1.98. The fourth-order valence-corrected chi connectivity index (χ4v) is 3.49. The molecule has 0 saturated heterocycles. The molecule has 3 nitrogen and oxygen atoms in total. The molecule has 2 rings (SSSR count). The van der Waals surface area contributed by atoms with E-state index in [4.69, 9.17) is 5.11 Å². The summed E-state index contributed by atoms with van der Waals surface area (Å²) in [6.07, 6.45) is 0.539. The minimum Gasteiger partial charge on any atom is -0.392 e. The van der Waals surface area contributed by atoms with Gasteiger partial charge < -0.3 is 5.11 Å². The van der Waals surface area contributed by atoms with Crippen molar-refractivity contribution in [2.24, 2.45) is 0 Å². The molecular weight excluding hydrogens is 284 g/mol. The molecule has 0 aliphatic carbocycles. The largest absolute Gasteiger partial charge is 0.392 e. The number of benzene rings is 2. The maximum Gasteiger partial charge on any atom is 0.154 e. The van der Waals surface area contributed by atoms with E-state index in [1.54, 1.807) is 24.3 Å². The van der Waals surface area contributed by atoms with Crippen molar-refractivity contribution < 1.29 is 13.5 Å². The number of aryl methyl sites for hydroxylation is 2. The minimum absolute atomic E-state index is 0.0273. The van der Waals surface area contributed by atoms with E-state index < -0.39 is 9.84 Å². The van der Waals surface area contributed by atoms with Gasteiger partial charge in [0.1, 0.15) is 0 Å². The fraction of sp³-hybridized carbons (Fsp3) is 0.294. The summed E-state index contributed by atoms with van der Waals surface area (Å²) in [5.41, 5.74) is 3.76. The first kappa shape index (κ1) is 15.7. The summed E-state index contributed by atoms with van der Waals surface area (Å²) in [5.74, 6) is 0.197. The highest BCUT2D eigenvalue weighted by Crippen LogP contribution is 2.11. The van der Waals surface area contributed by atoms with Crippen LogP contribution in [0.15, 0.2) is 48.5 Å². The summed E-state index contributed by atoms with van der Waals surface area (Å²) in [6, 6.07) is 15.0. The topological polar surface area (TPSA) is 54.4 Å². The first-order valence-electron chi connectivity index (χ1n) is 6.93. The van der Waals surface area contributed by atoms with Crippen LogP contribution in [0.3, 0.4) is 0 Å². The zero-order valence-corrected chi connectivity index (χ0v) is 12.9. The summed E-state index contributed by atoms with van der Waals surface area (Å²) < 4.78 is 24.3. The van der Waals surface area contributed by atoms with E-state index in [-0.39, 0.29) is 18.1 Å². The van der Waals surface area contributed by atoms with Gasteiger partial charge in [0.25, 0.3) is 0 Å². The second kappa shape index (κ2) is 6.87. The molecule has 1 N–H and O–H groups in total. The predicted octanol–water partition coefficient (Wildman–Crippen LogP) is 2.64. The van der Waals surface area contributed by atoms with Crippen molar-refractivity contribution in [2.75, 3.05) is 5.75 Å². The number of rotatable bonds is 6. The highest BCUT2D eigenvalue weighted by molar-refractivity contribution is 7.90. The zero-order valence-electron chi connectivity index (χ0n) is 12.1. The van der Waals surface area contributed by atoms with Crippen molar-refractivity contribution in [1.82, 2.24) is 0 Å². The van der Waals surface area contributed by atoms with Crippen LogP contribution >= 0.6 is 0 Å². The normalized spacial score (nSPS) is 11.5. The molecule has 0 spiro atoms. The van der Waals surface area contributed by atoms with E-state index in [9.17, 15) is 8.42 Å². The van der Waals surface area contributed by atoms with E-state index in [2.05, 4.69) is 0 Å². The van der Waals surface area contributed by atoms with Crippen LogP contribution in [0, 0.1) is 6.92 Å². The van der Waals surface area contributed by atoms with Gasteiger partial charge in [-0.3, -0.25) is 0 Å². The molecule has 4 heteroatoms. The van der Waals surface area contributed by atoms with Gasteiger partial charge in [-0.2, -0.15) is 0 Å². The summed E-state index contributed by atoms with van der Waals surface area (Å²) in [5, 5.41) is 8.97. The molecular formula is C17H20O3S. The van der Waals surface area contributed by atoms with Crippen LogP contribution in [0.1, 0.15) is 22.3 Å². The van der Waals surface area contributed by atoms with Crippen LogP contribution in [0.25, 0.3) is 0 Å². The summed E-state index contributed by atoms with van der Waals surface area (Å²) in [4.78, 5) is 0. The number of hydrogen-bond donors (Lipinski definition) is 1. The average Bonchev–Trinajstić information content (AvgIpc) is 2.47. The molecule has 0 amide bonds. The van der Waals surface area contributed by atoms with Crippen LogP contribution in [0.4, 0.5) is 0 Å². The summed E-state index contributed by atoms with van der Waals surface area (Å²) in [7, 11) is -3.13. The third-order valence-corrected chi connectivity index (χ3v) is 5.01. The second-order valence-corrected chi connectivity index (χ2v) is 7.49. The number of aliphatic hydroxyl groups is 1. The molecule has 0 aromatic heterocycles. The van der Waals surface area contributed by atoms with E-state index >= 15 is 0 Å². The van der Waals surface area contributed by atoms with Crippen LogP contribution < -0.4 is 0 Å². The molecule has 0 atom stereocenters. The van der Waals surface area contributed by atoms with Gasteiger partial charge in [0.05, 0.1) is 18.1 Å². The lowest BCUT2D eigenvalue weighted by Crippen LogP contribution is -2.11. The molecule has 2 aromatic carbocycles. The third-order valence-electron chi connectivity index (χ3n) is 3.41. The Morgan fingerprint density at radius 1 is 0.857 bits per heavy atom. The Labute approximate surface area is 126 Å². The Bertz CT molecular complexity index is 671. The molecule has 112 valence electrons. The molecule has 0 bridgehead atoms. The third kappa shape index (κ3) is 4.99.